The smallest absolute Gasteiger partial charge is 0.165 e. The van der Waals surface area contributed by atoms with Gasteiger partial charge in [0.2, 0.25) is 0 Å². The summed E-state index contributed by atoms with van der Waals surface area (Å²) in [4.78, 5) is 0. The Bertz CT molecular complexity index is 529. The van der Waals surface area contributed by atoms with Crippen molar-refractivity contribution in [3.8, 4) is 11.5 Å². The lowest BCUT2D eigenvalue weighted by atomic mass is 10.2. The van der Waals surface area contributed by atoms with Crippen LogP contribution in [0.4, 0.5) is 10.1 Å². The van der Waals surface area contributed by atoms with Crippen LogP contribution in [-0.2, 0) is 6.61 Å². The highest BCUT2D eigenvalue weighted by Crippen LogP contribution is 2.22. The largest absolute Gasteiger partial charge is 0.506 e. The number of para-hydroxylation sites is 1. The number of hydrogen-bond acceptors (Lipinski definition) is 3. The molecule has 0 saturated heterocycles. The number of rotatable bonds is 3. The number of halogens is 1. The van der Waals surface area contributed by atoms with Crippen LogP contribution in [0, 0.1) is 5.82 Å². The number of nitrogens with two attached hydrogens (primary N) is 1. The molecular formula is C13H12FNO2. The molecule has 0 aliphatic heterocycles. The Hall–Kier alpha value is -2.23. The molecule has 88 valence electrons. The minimum atomic E-state index is -0.403. The first-order chi connectivity index (χ1) is 8.16. The quantitative estimate of drug-likeness (QED) is 0.633. The lowest BCUT2D eigenvalue weighted by Gasteiger charge is -2.08. The Morgan fingerprint density at radius 2 is 1.94 bits per heavy atom. The lowest BCUT2D eigenvalue weighted by Crippen LogP contribution is -1.98. The highest BCUT2D eigenvalue weighted by molar-refractivity contribution is 5.53. The van der Waals surface area contributed by atoms with Crippen LogP contribution in [0.2, 0.25) is 0 Å². The van der Waals surface area contributed by atoms with Crippen molar-refractivity contribution in [2.75, 3.05) is 5.73 Å². The first-order valence-electron chi connectivity index (χ1n) is 5.11. The molecule has 0 amide bonds. The van der Waals surface area contributed by atoms with E-state index >= 15 is 0 Å². The normalized spacial score (nSPS) is 10.2. The zero-order chi connectivity index (χ0) is 12.3. The highest BCUT2D eigenvalue weighted by Gasteiger charge is 2.03. The SMILES string of the molecule is Nc1cc(COc2ccccc2F)ccc1O. The third kappa shape index (κ3) is 2.66. The van der Waals surface area contributed by atoms with E-state index in [0.29, 0.717) is 0 Å². The maximum atomic E-state index is 13.2. The van der Waals surface area contributed by atoms with Gasteiger partial charge in [0.15, 0.2) is 11.6 Å². The fourth-order valence-electron chi connectivity index (χ4n) is 1.42. The van der Waals surface area contributed by atoms with Crippen molar-refractivity contribution in [2.45, 2.75) is 6.61 Å². The van der Waals surface area contributed by atoms with Crippen molar-refractivity contribution < 1.29 is 14.2 Å². The molecule has 0 aliphatic rings. The minimum Gasteiger partial charge on any atom is -0.506 e. The van der Waals surface area contributed by atoms with Crippen molar-refractivity contribution in [3.63, 3.8) is 0 Å². The third-order valence-corrected chi connectivity index (χ3v) is 2.32. The number of hydrogen-bond donors (Lipinski definition) is 2. The molecule has 0 saturated carbocycles. The molecule has 2 aromatic rings. The molecular weight excluding hydrogens is 221 g/mol. The van der Waals surface area contributed by atoms with Gasteiger partial charge in [-0.15, -0.1) is 0 Å². The number of phenols is 1. The Kier molecular flexibility index (Phi) is 3.14. The van der Waals surface area contributed by atoms with Crippen LogP contribution in [-0.4, -0.2) is 5.11 Å². The van der Waals surface area contributed by atoms with E-state index in [9.17, 15) is 9.50 Å². The molecule has 4 heteroatoms. The number of benzene rings is 2. The molecule has 0 aliphatic carbocycles. The van der Waals surface area contributed by atoms with E-state index < -0.39 is 5.82 Å². The predicted octanol–water partition coefficient (Wildman–Crippen LogP) is 2.69. The molecule has 2 rings (SSSR count). The molecule has 2 aromatic carbocycles. The van der Waals surface area contributed by atoms with Gasteiger partial charge < -0.3 is 15.6 Å². The number of phenolic OH excluding ortho intramolecular Hbond substituents is 1. The molecule has 0 aromatic heterocycles. The van der Waals surface area contributed by atoms with Crippen LogP contribution < -0.4 is 10.5 Å². The zero-order valence-corrected chi connectivity index (χ0v) is 9.06. The predicted molar refractivity (Wildman–Crippen MR) is 63.3 cm³/mol. The molecule has 0 spiro atoms. The van der Waals surface area contributed by atoms with Crippen molar-refractivity contribution in [2.24, 2.45) is 0 Å². The number of ether oxygens (including phenoxy) is 1. The third-order valence-electron chi connectivity index (χ3n) is 2.32. The average Bonchev–Trinajstić information content (AvgIpc) is 2.32. The number of anilines is 1. The maximum absolute atomic E-state index is 13.2. The van der Waals surface area contributed by atoms with E-state index in [4.69, 9.17) is 10.5 Å². The van der Waals surface area contributed by atoms with Gasteiger partial charge in [-0.25, -0.2) is 4.39 Å². The molecule has 3 N–H and O–H groups in total. The lowest BCUT2D eigenvalue weighted by molar-refractivity contribution is 0.290. The van der Waals surface area contributed by atoms with Crippen LogP contribution in [0.1, 0.15) is 5.56 Å². The van der Waals surface area contributed by atoms with Gasteiger partial charge in [0, 0.05) is 0 Å². The summed E-state index contributed by atoms with van der Waals surface area (Å²) < 4.78 is 18.6. The topological polar surface area (TPSA) is 55.5 Å². The van der Waals surface area contributed by atoms with Crippen molar-refractivity contribution >= 4 is 5.69 Å². The Labute approximate surface area is 98.3 Å². The Morgan fingerprint density at radius 3 is 2.65 bits per heavy atom. The van der Waals surface area contributed by atoms with E-state index in [1.165, 1.54) is 12.1 Å². The van der Waals surface area contributed by atoms with Crippen LogP contribution in [0.25, 0.3) is 0 Å². The summed E-state index contributed by atoms with van der Waals surface area (Å²) in [6.07, 6.45) is 0. The van der Waals surface area contributed by atoms with Crippen LogP contribution >= 0.6 is 0 Å². The fraction of sp³-hybridized carbons (Fsp3) is 0.0769. The van der Waals surface area contributed by atoms with Crippen LogP contribution in [0.15, 0.2) is 42.5 Å². The van der Waals surface area contributed by atoms with E-state index in [2.05, 4.69) is 0 Å². The van der Waals surface area contributed by atoms with Crippen molar-refractivity contribution in [1.29, 1.82) is 0 Å². The molecule has 0 unspecified atom stereocenters. The van der Waals surface area contributed by atoms with Crippen LogP contribution in [0.3, 0.4) is 0 Å². The number of aromatic hydroxyl groups is 1. The summed E-state index contributed by atoms with van der Waals surface area (Å²) in [5, 5.41) is 9.25. The summed E-state index contributed by atoms with van der Waals surface area (Å²) in [6, 6.07) is 10.9. The van der Waals surface area contributed by atoms with Gasteiger partial charge in [0.25, 0.3) is 0 Å². The summed E-state index contributed by atoms with van der Waals surface area (Å²) in [7, 11) is 0. The molecule has 0 heterocycles. The molecule has 0 bridgehead atoms. The van der Waals surface area contributed by atoms with Gasteiger partial charge in [-0.05, 0) is 29.8 Å². The summed E-state index contributed by atoms with van der Waals surface area (Å²) in [5.41, 5.74) is 6.58. The van der Waals surface area contributed by atoms with E-state index in [0.717, 1.165) is 5.56 Å². The number of nitrogen functional groups attached to an aromatic ring is 1. The second kappa shape index (κ2) is 4.74. The second-order valence-corrected chi connectivity index (χ2v) is 3.61. The van der Waals surface area contributed by atoms with Gasteiger partial charge in [-0.2, -0.15) is 0 Å². The molecule has 17 heavy (non-hydrogen) atoms. The van der Waals surface area contributed by atoms with Gasteiger partial charge in [-0.1, -0.05) is 18.2 Å². The standard InChI is InChI=1S/C13H12FNO2/c14-10-3-1-2-4-13(10)17-8-9-5-6-12(16)11(15)7-9/h1-7,16H,8,15H2. The van der Waals surface area contributed by atoms with Crippen molar-refractivity contribution in [3.05, 3.63) is 53.8 Å². The second-order valence-electron chi connectivity index (χ2n) is 3.61. The molecule has 3 nitrogen and oxygen atoms in total. The molecule has 0 radical (unpaired) electrons. The fourth-order valence-corrected chi connectivity index (χ4v) is 1.42. The first-order valence-corrected chi connectivity index (χ1v) is 5.11. The van der Waals surface area contributed by atoms with Gasteiger partial charge >= 0.3 is 0 Å². The molecule has 0 fully saturated rings. The first kappa shape index (κ1) is 11.3. The average molecular weight is 233 g/mol. The summed E-state index contributed by atoms with van der Waals surface area (Å²) >= 11 is 0. The van der Waals surface area contributed by atoms with E-state index in [-0.39, 0.29) is 23.8 Å². The van der Waals surface area contributed by atoms with Crippen molar-refractivity contribution in [1.82, 2.24) is 0 Å². The van der Waals surface area contributed by atoms with Crippen LogP contribution in [0.5, 0.6) is 11.5 Å². The summed E-state index contributed by atoms with van der Waals surface area (Å²) in [5.74, 6) is -0.182. The van der Waals surface area contributed by atoms with Gasteiger partial charge in [-0.3, -0.25) is 0 Å². The Balaban J connectivity index is 2.08. The minimum absolute atomic E-state index is 0.0274. The monoisotopic (exact) mass is 233 g/mol. The maximum Gasteiger partial charge on any atom is 0.165 e. The van der Waals surface area contributed by atoms with Gasteiger partial charge in [0.05, 0.1) is 5.69 Å². The van der Waals surface area contributed by atoms with E-state index in [1.54, 1.807) is 30.3 Å². The highest BCUT2D eigenvalue weighted by atomic mass is 19.1. The summed E-state index contributed by atoms with van der Waals surface area (Å²) in [6.45, 7) is 0.200. The molecule has 0 atom stereocenters. The zero-order valence-electron chi connectivity index (χ0n) is 9.06. The van der Waals surface area contributed by atoms with Gasteiger partial charge in [0.1, 0.15) is 12.4 Å². The Morgan fingerprint density at radius 1 is 1.18 bits per heavy atom. The van der Waals surface area contributed by atoms with E-state index in [1.807, 2.05) is 0 Å².